The quantitative estimate of drug-likeness (QED) is 0.627. The van der Waals surface area contributed by atoms with E-state index in [2.05, 4.69) is 34.3 Å². The molecule has 1 unspecified atom stereocenters. The average molecular weight is 295 g/mol. The standard InChI is InChI=1S/C14H25N5O2/c1-4-15-14(19(3)10-12-5-7-21-17-12)16-9-13-11-18(2)6-8-20-13/h5,7,13H,4,6,8-11H2,1-3H3,(H,15,16). The second kappa shape index (κ2) is 7.99. The zero-order valence-corrected chi connectivity index (χ0v) is 13.1. The van der Waals surface area contributed by atoms with Crippen LogP contribution >= 0.6 is 0 Å². The Bertz CT molecular complexity index is 435. The fraction of sp³-hybridized carbons (Fsp3) is 0.714. The van der Waals surface area contributed by atoms with E-state index in [0.717, 1.165) is 37.9 Å². The lowest BCUT2D eigenvalue weighted by Gasteiger charge is -2.29. The topological polar surface area (TPSA) is 66.1 Å². The summed E-state index contributed by atoms with van der Waals surface area (Å²) in [6, 6.07) is 1.86. The molecule has 7 nitrogen and oxygen atoms in total. The fourth-order valence-electron chi connectivity index (χ4n) is 2.27. The summed E-state index contributed by atoms with van der Waals surface area (Å²) in [4.78, 5) is 8.98. The third-order valence-electron chi connectivity index (χ3n) is 3.37. The molecule has 1 saturated heterocycles. The summed E-state index contributed by atoms with van der Waals surface area (Å²) in [5, 5.41) is 7.22. The van der Waals surface area contributed by atoms with Crippen molar-refractivity contribution in [3.63, 3.8) is 0 Å². The largest absolute Gasteiger partial charge is 0.374 e. The smallest absolute Gasteiger partial charge is 0.194 e. The molecule has 1 aliphatic heterocycles. The number of nitrogens with one attached hydrogen (secondary N) is 1. The fourth-order valence-corrected chi connectivity index (χ4v) is 2.27. The maximum absolute atomic E-state index is 5.74. The molecule has 1 aromatic heterocycles. The van der Waals surface area contributed by atoms with Gasteiger partial charge >= 0.3 is 0 Å². The van der Waals surface area contributed by atoms with Crippen LogP contribution in [0.2, 0.25) is 0 Å². The number of morpholine rings is 1. The van der Waals surface area contributed by atoms with Crippen LogP contribution in [0.15, 0.2) is 21.8 Å². The van der Waals surface area contributed by atoms with Crippen LogP contribution in [0.5, 0.6) is 0 Å². The van der Waals surface area contributed by atoms with Crippen molar-refractivity contribution < 1.29 is 9.26 Å². The Labute approximate surface area is 125 Å². The molecule has 0 aromatic carbocycles. The SMILES string of the molecule is CCNC(=NCC1CN(C)CCO1)N(C)Cc1ccon1. The highest BCUT2D eigenvalue weighted by Crippen LogP contribution is 2.05. The number of ether oxygens (including phenoxy) is 1. The van der Waals surface area contributed by atoms with Crippen molar-refractivity contribution in [1.82, 2.24) is 20.3 Å². The molecule has 118 valence electrons. The van der Waals surface area contributed by atoms with Gasteiger partial charge in [-0.1, -0.05) is 5.16 Å². The number of guanidine groups is 1. The van der Waals surface area contributed by atoms with Crippen LogP contribution in [0.4, 0.5) is 0 Å². The minimum atomic E-state index is 0.165. The zero-order chi connectivity index (χ0) is 15.1. The van der Waals surface area contributed by atoms with E-state index in [4.69, 9.17) is 9.26 Å². The third-order valence-corrected chi connectivity index (χ3v) is 3.37. The Morgan fingerprint density at radius 1 is 1.62 bits per heavy atom. The van der Waals surface area contributed by atoms with E-state index in [-0.39, 0.29) is 6.10 Å². The summed E-state index contributed by atoms with van der Waals surface area (Å²) in [7, 11) is 4.10. The van der Waals surface area contributed by atoms with E-state index >= 15 is 0 Å². The highest BCUT2D eigenvalue weighted by Gasteiger charge is 2.18. The van der Waals surface area contributed by atoms with Gasteiger partial charge in [0, 0.05) is 32.7 Å². The highest BCUT2D eigenvalue weighted by atomic mass is 16.5. The Hall–Kier alpha value is -1.60. The van der Waals surface area contributed by atoms with Crippen molar-refractivity contribution in [2.75, 3.05) is 46.9 Å². The molecule has 2 rings (SSSR count). The van der Waals surface area contributed by atoms with Crippen molar-refractivity contribution >= 4 is 5.96 Å². The maximum Gasteiger partial charge on any atom is 0.194 e. The van der Waals surface area contributed by atoms with Gasteiger partial charge in [0.2, 0.25) is 0 Å². The van der Waals surface area contributed by atoms with Crippen molar-refractivity contribution in [3.8, 4) is 0 Å². The van der Waals surface area contributed by atoms with Gasteiger partial charge in [-0.2, -0.15) is 0 Å². The lowest BCUT2D eigenvalue weighted by molar-refractivity contribution is -0.0137. The van der Waals surface area contributed by atoms with Gasteiger partial charge in [0.05, 0.1) is 25.8 Å². The third kappa shape index (κ3) is 5.02. The van der Waals surface area contributed by atoms with Gasteiger partial charge in [-0.05, 0) is 14.0 Å². The summed E-state index contributed by atoms with van der Waals surface area (Å²) in [6.07, 6.45) is 1.75. The molecule has 0 spiro atoms. The first kappa shape index (κ1) is 15.8. The molecule has 7 heteroatoms. The molecule has 0 radical (unpaired) electrons. The lowest BCUT2D eigenvalue weighted by atomic mass is 10.3. The Kier molecular flexibility index (Phi) is 6.01. The Morgan fingerprint density at radius 2 is 2.48 bits per heavy atom. The number of likely N-dealkylation sites (N-methyl/N-ethyl adjacent to an activating group) is 1. The first-order chi connectivity index (χ1) is 10.2. The van der Waals surface area contributed by atoms with Crippen molar-refractivity contribution in [1.29, 1.82) is 0 Å². The molecule has 0 saturated carbocycles. The number of hydrogen-bond donors (Lipinski definition) is 1. The molecule has 21 heavy (non-hydrogen) atoms. The molecule has 1 N–H and O–H groups in total. The number of hydrogen-bond acceptors (Lipinski definition) is 5. The second-order valence-electron chi connectivity index (χ2n) is 5.30. The van der Waals surface area contributed by atoms with E-state index in [0.29, 0.717) is 13.1 Å². The predicted molar refractivity (Wildman–Crippen MR) is 81.2 cm³/mol. The van der Waals surface area contributed by atoms with Crippen LogP contribution in [-0.4, -0.2) is 73.9 Å². The predicted octanol–water partition coefficient (Wildman–Crippen LogP) is 0.403. The summed E-state index contributed by atoms with van der Waals surface area (Å²) < 4.78 is 10.6. The Morgan fingerprint density at radius 3 is 3.14 bits per heavy atom. The summed E-state index contributed by atoms with van der Waals surface area (Å²) in [5.74, 6) is 0.859. The normalized spacial score (nSPS) is 20.5. The molecule has 1 fully saturated rings. The van der Waals surface area contributed by atoms with Gasteiger partial charge in [0.1, 0.15) is 12.0 Å². The first-order valence-electron chi connectivity index (χ1n) is 7.38. The van der Waals surface area contributed by atoms with Crippen LogP contribution in [0.3, 0.4) is 0 Å². The minimum absolute atomic E-state index is 0.165. The average Bonchev–Trinajstić information content (AvgIpc) is 2.96. The molecule has 0 amide bonds. The molecule has 0 aliphatic carbocycles. The van der Waals surface area contributed by atoms with Gasteiger partial charge in [0.25, 0.3) is 0 Å². The number of aromatic nitrogens is 1. The molecule has 0 bridgehead atoms. The van der Waals surface area contributed by atoms with Crippen LogP contribution in [-0.2, 0) is 11.3 Å². The number of aliphatic imine (C=N–C) groups is 1. The molecular formula is C14H25N5O2. The van der Waals surface area contributed by atoms with E-state index in [9.17, 15) is 0 Å². The minimum Gasteiger partial charge on any atom is -0.374 e. The van der Waals surface area contributed by atoms with E-state index in [1.165, 1.54) is 0 Å². The molecular weight excluding hydrogens is 270 g/mol. The Balaban J connectivity index is 1.91. The van der Waals surface area contributed by atoms with Gasteiger partial charge in [-0.3, -0.25) is 4.99 Å². The van der Waals surface area contributed by atoms with Crippen molar-refractivity contribution in [2.45, 2.75) is 19.6 Å². The van der Waals surface area contributed by atoms with E-state index < -0.39 is 0 Å². The second-order valence-corrected chi connectivity index (χ2v) is 5.30. The number of rotatable bonds is 5. The first-order valence-corrected chi connectivity index (χ1v) is 7.38. The molecule has 2 heterocycles. The van der Waals surface area contributed by atoms with Crippen molar-refractivity contribution in [2.24, 2.45) is 4.99 Å². The molecule has 1 aliphatic rings. The van der Waals surface area contributed by atoms with Gasteiger partial charge in [0.15, 0.2) is 5.96 Å². The van der Waals surface area contributed by atoms with Crippen LogP contribution in [0, 0.1) is 0 Å². The van der Waals surface area contributed by atoms with Crippen LogP contribution in [0.25, 0.3) is 0 Å². The van der Waals surface area contributed by atoms with Gasteiger partial charge in [-0.15, -0.1) is 0 Å². The summed E-state index contributed by atoms with van der Waals surface area (Å²) >= 11 is 0. The van der Waals surface area contributed by atoms with Crippen LogP contribution < -0.4 is 5.32 Å². The lowest BCUT2D eigenvalue weighted by Crippen LogP contribution is -2.43. The van der Waals surface area contributed by atoms with E-state index in [1.54, 1.807) is 6.26 Å². The maximum atomic E-state index is 5.74. The summed E-state index contributed by atoms with van der Waals surface area (Å²) in [5.41, 5.74) is 0.886. The highest BCUT2D eigenvalue weighted by molar-refractivity contribution is 5.79. The molecule has 1 aromatic rings. The zero-order valence-electron chi connectivity index (χ0n) is 13.1. The van der Waals surface area contributed by atoms with Crippen molar-refractivity contribution in [3.05, 3.63) is 18.0 Å². The van der Waals surface area contributed by atoms with Gasteiger partial charge < -0.3 is 24.4 Å². The van der Waals surface area contributed by atoms with Gasteiger partial charge in [-0.25, -0.2) is 0 Å². The summed E-state index contributed by atoms with van der Waals surface area (Å²) in [6.45, 7) is 6.91. The molecule has 1 atom stereocenters. The monoisotopic (exact) mass is 295 g/mol. The van der Waals surface area contributed by atoms with Crippen LogP contribution in [0.1, 0.15) is 12.6 Å². The number of nitrogens with zero attached hydrogens (tertiary/aromatic N) is 4. The van der Waals surface area contributed by atoms with E-state index in [1.807, 2.05) is 18.0 Å².